The van der Waals surface area contributed by atoms with Crippen molar-refractivity contribution in [2.75, 3.05) is 7.11 Å². The van der Waals surface area contributed by atoms with Gasteiger partial charge in [-0.2, -0.15) is 0 Å². The minimum Gasteiger partial charge on any atom is -0.494 e. The molecule has 0 aliphatic rings. The quantitative estimate of drug-likeness (QED) is 0.899. The fourth-order valence-corrected chi connectivity index (χ4v) is 1.94. The third kappa shape index (κ3) is 2.36. The van der Waals surface area contributed by atoms with Crippen molar-refractivity contribution in [2.24, 2.45) is 12.8 Å². The first kappa shape index (κ1) is 12.6. The highest BCUT2D eigenvalue weighted by Crippen LogP contribution is 2.23. The van der Waals surface area contributed by atoms with E-state index >= 15 is 0 Å². The van der Waals surface area contributed by atoms with E-state index in [2.05, 4.69) is 4.98 Å². The zero-order chi connectivity index (χ0) is 13.1. The van der Waals surface area contributed by atoms with Crippen LogP contribution in [0.2, 0.25) is 0 Å². The Morgan fingerprint density at radius 1 is 1.50 bits per heavy atom. The molecule has 1 atom stereocenters. The van der Waals surface area contributed by atoms with Gasteiger partial charge < -0.3 is 15.0 Å². The molecule has 0 saturated heterocycles. The lowest BCUT2D eigenvalue weighted by atomic mass is 10.0. The van der Waals surface area contributed by atoms with Gasteiger partial charge in [0.05, 0.1) is 25.2 Å². The maximum Gasteiger partial charge on any atom is 0.168 e. The summed E-state index contributed by atoms with van der Waals surface area (Å²) in [4.78, 5) is 4.01. The van der Waals surface area contributed by atoms with Gasteiger partial charge in [-0.1, -0.05) is 12.1 Å². The van der Waals surface area contributed by atoms with E-state index in [0.29, 0.717) is 12.0 Å². The van der Waals surface area contributed by atoms with E-state index in [1.807, 2.05) is 11.6 Å². The molecule has 96 valence electrons. The summed E-state index contributed by atoms with van der Waals surface area (Å²) in [5, 5.41) is 0. The summed E-state index contributed by atoms with van der Waals surface area (Å²) >= 11 is 0. The lowest BCUT2D eigenvalue weighted by Gasteiger charge is -2.13. The predicted molar refractivity (Wildman–Crippen MR) is 66.8 cm³/mol. The highest BCUT2D eigenvalue weighted by molar-refractivity contribution is 5.32. The third-order valence-corrected chi connectivity index (χ3v) is 2.94. The van der Waals surface area contributed by atoms with Crippen molar-refractivity contribution in [2.45, 2.75) is 12.5 Å². The molecule has 0 aliphatic heterocycles. The van der Waals surface area contributed by atoms with Crippen molar-refractivity contribution in [3.63, 3.8) is 0 Å². The first-order valence-corrected chi connectivity index (χ1v) is 5.66. The number of methoxy groups -OCH3 is 1. The second kappa shape index (κ2) is 5.18. The summed E-state index contributed by atoms with van der Waals surface area (Å²) in [5.41, 5.74) is 7.48. The van der Waals surface area contributed by atoms with E-state index in [4.69, 9.17) is 10.5 Å². The Morgan fingerprint density at radius 3 is 2.89 bits per heavy atom. The number of aryl methyl sites for hydroxylation is 1. The van der Waals surface area contributed by atoms with Crippen LogP contribution in [0.4, 0.5) is 4.39 Å². The largest absolute Gasteiger partial charge is 0.494 e. The van der Waals surface area contributed by atoms with E-state index < -0.39 is 0 Å². The van der Waals surface area contributed by atoms with Crippen molar-refractivity contribution < 1.29 is 9.13 Å². The highest BCUT2D eigenvalue weighted by atomic mass is 19.1. The number of hydrogen-bond donors (Lipinski definition) is 1. The Hall–Kier alpha value is -1.88. The van der Waals surface area contributed by atoms with Gasteiger partial charge in [-0.3, -0.25) is 0 Å². The molecule has 2 N–H and O–H groups in total. The Labute approximate surface area is 105 Å². The van der Waals surface area contributed by atoms with Crippen LogP contribution in [0.3, 0.4) is 0 Å². The van der Waals surface area contributed by atoms with E-state index in [0.717, 1.165) is 5.69 Å². The molecule has 4 nitrogen and oxygen atoms in total. The van der Waals surface area contributed by atoms with Crippen molar-refractivity contribution >= 4 is 0 Å². The summed E-state index contributed by atoms with van der Waals surface area (Å²) in [6, 6.07) is 4.77. The van der Waals surface area contributed by atoms with Gasteiger partial charge in [0.1, 0.15) is 0 Å². The number of imidazole rings is 1. The number of aromatic nitrogens is 2. The van der Waals surface area contributed by atoms with Crippen LogP contribution in [-0.2, 0) is 13.5 Å². The monoisotopic (exact) mass is 249 g/mol. The summed E-state index contributed by atoms with van der Waals surface area (Å²) < 4.78 is 20.8. The number of rotatable bonds is 4. The van der Waals surface area contributed by atoms with Crippen LogP contribution in [0.1, 0.15) is 17.3 Å². The van der Waals surface area contributed by atoms with Gasteiger partial charge in [0, 0.05) is 13.2 Å². The fraction of sp³-hybridized carbons (Fsp3) is 0.308. The Kier molecular flexibility index (Phi) is 3.62. The smallest absolute Gasteiger partial charge is 0.168 e. The van der Waals surface area contributed by atoms with Gasteiger partial charge >= 0.3 is 0 Å². The van der Waals surface area contributed by atoms with E-state index in [9.17, 15) is 4.39 Å². The van der Waals surface area contributed by atoms with E-state index in [1.165, 1.54) is 7.11 Å². The first-order valence-electron chi connectivity index (χ1n) is 5.66. The number of nitrogens with zero attached hydrogens (tertiary/aromatic N) is 2. The number of hydrogen-bond acceptors (Lipinski definition) is 3. The summed E-state index contributed by atoms with van der Waals surface area (Å²) in [5.74, 6) is -0.109. The molecule has 18 heavy (non-hydrogen) atoms. The molecular weight excluding hydrogens is 233 g/mol. The highest BCUT2D eigenvalue weighted by Gasteiger charge is 2.15. The molecule has 5 heteroatoms. The van der Waals surface area contributed by atoms with Gasteiger partial charge in [0.25, 0.3) is 0 Å². The van der Waals surface area contributed by atoms with Gasteiger partial charge in [-0.25, -0.2) is 9.37 Å². The molecule has 0 bridgehead atoms. The lowest BCUT2D eigenvalue weighted by molar-refractivity contribution is 0.383. The van der Waals surface area contributed by atoms with Crippen molar-refractivity contribution in [3.05, 3.63) is 47.8 Å². The molecule has 2 aromatic rings. The topological polar surface area (TPSA) is 53.1 Å². The van der Waals surface area contributed by atoms with E-state index in [-0.39, 0.29) is 17.6 Å². The normalized spacial score (nSPS) is 12.4. The van der Waals surface area contributed by atoms with Crippen molar-refractivity contribution in [3.8, 4) is 5.75 Å². The van der Waals surface area contributed by atoms with Crippen molar-refractivity contribution in [1.29, 1.82) is 0 Å². The van der Waals surface area contributed by atoms with Crippen LogP contribution in [-0.4, -0.2) is 16.7 Å². The molecule has 0 fully saturated rings. The average molecular weight is 249 g/mol. The van der Waals surface area contributed by atoms with Gasteiger partial charge in [-0.15, -0.1) is 0 Å². The van der Waals surface area contributed by atoms with Crippen LogP contribution >= 0.6 is 0 Å². The Bertz CT molecular complexity index is 539. The number of nitrogens with two attached hydrogens (primary N) is 1. The predicted octanol–water partition coefficient (Wildman–Crippen LogP) is 1.81. The van der Waals surface area contributed by atoms with Gasteiger partial charge in [-0.05, 0) is 18.1 Å². The second-order valence-electron chi connectivity index (χ2n) is 4.17. The third-order valence-electron chi connectivity index (χ3n) is 2.94. The number of benzene rings is 1. The summed E-state index contributed by atoms with van der Waals surface area (Å²) in [7, 11) is 3.31. The van der Waals surface area contributed by atoms with Gasteiger partial charge in [0.15, 0.2) is 11.6 Å². The molecule has 1 aromatic carbocycles. The van der Waals surface area contributed by atoms with Crippen LogP contribution in [0, 0.1) is 5.82 Å². The molecule has 0 amide bonds. The minimum atomic E-state index is -0.349. The van der Waals surface area contributed by atoms with Crippen LogP contribution in [0.25, 0.3) is 0 Å². The molecule has 0 saturated carbocycles. The maximum absolute atomic E-state index is 14.0. The second-order valence-corrected chi connectivity index (χ2v) is 4.17. The molecule has 1 unspecified atom stereocenters. The summed E-state index contributed by atoms with van der Waals surface area (Å²) in [6.45, 7) is 0. The Balaban J connectivity index is 2.22. The molecule has 1 aromatic heterocycles. The van der Waals surface area contributed by atoms with Crippen LogP contribution < -0.4 is 10.5 Å². The molecule has 0 radical (unpaired) electrons. The van der Waals surface area contributed by atoms with E-state index in [1.54, 1.807) is 30.7 Å². The fourth-order valence-electron chi connectivity index (χ4n) is 1.94. The standard InChI is InChI=1S/C13H16FN3O/c1-17-8-16-7-11(17)10(15)6-9-4-3-5-12(18-2)13(9)14/h3-5,7-8,10H,6,15H2,1-2H3. The zero-order valence-corrected chi connectivity index (χ0v) is 10.4. The molecular formula is C13H16FN3O. The van der Waals surface area contributed by atoms with Crippen molar-refractivity contribution in [1.82, 2.24) is 9.55 Å². The molecule has 0 aliphatic carbocycles. The SMILES string of the molecule is COc1cccc(CC(N)c2cncn2C)c1F. The van der Waals surface area contributed by atoms with Crippen LogP contribution in [0.15, 0.2) is 30.7 Å². The minimum absolute atomic E-state index is 0.240. The first-order chi connectivity index (χ1) is 8.63. The Morgan fingerprint density at radius 2 is 2.28 bits per heavy atom. The molecule has 1 heterocycles. The number of ether oxygens (including phenoxy) is 1. The average Bonchev–Trinajstić information content (AvgIpc) is 2.78. The summed E-state index contributed by atoms with van der Waals surface area (Å²) in [6.07, 6.45) is 3.78. The van der Waals surface area contributed by atoms with Crippen LogP contribution in [0.5, 0.6) is 5.75 Å². The maximum atomic E-state index is 14.0. The van der Waals surface area contributed by atoms with Gasteiger partial charge in [0.2, 0.25) is 0 Å². The molecule has 2 rings (SSSR count). The number of halogens is 1. The zero-order valence-electron chi connectivity index (χ0n) is 10.4. The molecule has 0 spiro atoms. The lowest BCUT2D eigenvalue weighted by Crippen LogP contribution is -2.17.